The minimum Gasteiger partial charge on any atom is -0.478 e. The Labute approximate surface area is 113 Å². The molecular weight excluding hydrogens is 245 g/mol. The van der Waals surface area contributed by atoms with Gasteiger partial charge in [-0.3, -0.25) is 0 Å². The van der Waals surface area contributed by atoms with Gasteiger partial charge in [-0.2, -0.15) is 0 Å². The van der Waals surface area contributed by atoms with Crippen molar-refractivity contribution in [3.63, 3.8) is 0 Å². The molecule has 0 aromatic heterocycles. The van der Waals surface area contributed by atoms with Gasteiger partial charge >= 0.3 is 5.97 Å². The summed E-state index contributed by atoms with van der Waals surface area (Å²) in [6.07, 6.45) is 0. The number of hydrogen-bond donors (Lipinski definition) is 2. The number of hydrogen-bond acceptors (Lipinski definition) is 2. The zero-order valence-corrected chi connectivity index (χ0v) is 12.0. The number of aromatic carboxylic acids is 1. The van der Waals surface area contributed by atoms with Crippen LogP contribution in [-0.2, 0) is 6.54 Å². The fraction of sp³-hybridized carbons (Fsp3) is 0.533. The van der Waals surface area contributed by atoms with Crippen LogP contribution < -0.4 is 5.32 Å². The Morgan fingerprint density at radius 3 is 2.53 bits per heavy atom. The monoisotopic (exact) mass is 267 g/mol. The van der Waals surface area contributed by atoms with Crippen LogP contribution in [0, 0.1) is 17.2 Å². The van der Waals surface area contributed by atoms with Gasteiger partial charge < -0.3 is 10.4 Å². The van der Waals surface area contributed by atoms with Crippen LogP contribution in [-0.4, -0.2) is 17.6 Å². The molecule has 1 aromatic carbocycles. The number of rotatable bonds is 6. The van der Waals surface area contributed by atoms with Gasteiger partial charge in [-0.15, -0.1) is 0 Å². The smallest absolute Gasteiger partial charge is 0.338 e. The van der Waals surface area contributed by atoms with Gasteiger partial charge in [0.1, 0.15) is 5.82 Å². The Kier molecular flexibility index (Phi) is 5.06. The summed E-state index contributed by atoms with van der Waals surface area (Å²) in [4.78, 5) is 10.7. The van der Waals surface area contributed by atoms with E-state index in [1.807, 2.05) is 0 Å². The first kappa shape index (κ1) is 15.6. The first-order chi connectivity index (χ1) is 8.74. The van der Waals surface area contributed by atoms with Crippen LogP contribution in [0.15, 0.2) is 18.2 Å². The zero-order chi connectivity index (χ0) is 14.6. The summed E-state index contributed by atoms with van der Waals surface area (Å²) in [5.74, 6) is -1.38. The topological polar surface area (TPSA) is 49.3 Å². The Balaban J connectivity index is 2.60. The summed E-state index contributed by atoms with van der Waals surface area (Å²) in [5, 5.41) is 12.0. The van der Waals surface area contributed by atoms with E-state index in [0.717, 1.165) is 12.1 Å². The molecule has 0 unspecified atom stereocenters. The van der Waals surface area contributed by atoms with Gasteiger partial charge in [0.25, 0.3) is 0 Å². The van der Waals surface area contributed by atoms with Crippen molar-refractivity contribution >= 4 is 5.97 Å². The van der Waals surface area contributed by atoms with Crippen LogP contribution in [0.3, 0.4) is 0 Å². The van der Waals surface area contributed by atoms with Gasteiger partial charge in [0, 0.05) is 13.1 Å². The summed E-state index contributed by atoms with van der Waals surface area (Å²) >= 11 is 0. The van der Waals surface area contributed by atoms with Crippen molar-refractivity contribution in [2.24, 2.45) is 11.3 Å². The highest BCUT2D eigenvalue weighted by Crippen LogP contribution is 2.24. The Morgan fingerprint density at radius 2 is 2.05 bits per heavy atom. The molecule has 0 fully saturated rings. The fourth-order valence-corrected chi connectivity index (χ4v) is 1.58. The normalized spacial score (nSPS) is 11.9. The van der Waals surface area contributed by atoms with Gasteiger partial charge in [0.2, 0.25) is 0 Å². The molecule has 1 rings (SSSR count). The van der Waals surface area contributed by atoms with E-state index in [2.05, 4.69) is 33.0 Å². The molecule has 0 radical (unpaired) electrons. The van der Waals surface area contributed by atoms with Crippen LogP contribution in [0.25, 0.3) is 0 Å². The Bertz CT molecular complexity index is 455. The largest absolute Gasteiger partial charge is 0.478 e. The van der Waals surface area contributed by atoms with E-state index in [4.69, 9.17) is 5.11 Å². The quantitative estimate of drug-likeness (QED) is 0.831. The van der Waals surface area contributed by atoms with Gasteiger partial charge in [0.05, 0.1) is 5.56 Å². The van der Waals surface area contributed by atoms with Crippen LogP contribution in [0.5, 0.6) is 0 Å². The molecule has 3 nitrogen and oxygen atoms in total. The second-order valence-electron chi connectivity index (χ2n) is 5.87. The van der Waals surface area contributed by atoms with E-state index in [9.17, 15) is 9.18 Å². The Hall–Kier alpha value is -1.42. The van der Waals surface area contributed by atoms with Crippen molar-refractivity contribution in [1.29, 1.82) is 0 Å². The molecule has 0 saturated carbocycles. The molecule has 0 aliphatic carbocycles. The molecule has 106 valence electrons. The molecule has 0 spiro atoms. The first-order valence-electron chi connectivity index (χ1n) is 6.46. The van der Waals surface area contributed by atoms with E-state index >= 15 is 0 Å². The standard InChI is InChI=1S/C15H22FNO2/c1-10(2)15(3,4)9-17-8-11-5-6-12(14(18)19)13(16)7-11/h5-7,10,17H,8-9H2,1-4H3,(H,18,19). The molecule has 0 atom stereocenters. The number of halogens is 1. The highest BCUT2D eigenvalue weighted by molar-refractivity contribution is 5.87. The third kappa shape index (κ3) is 4.31. The van der Waals surface area contributed by atoms with Crippen molar-refractivity contribution in [3.05, 3.63) is 35.1 Å². The van der Waals surface area contributed by atoms with E-state index in [0.29, 0.717) is 12.5 Å². The predicted octanol–water partition coefficient (Wildman–Crippen LogP) is 3.30. The predicted molar refractivity (Wildman–Crippen MR) is 73.7 cm³/mol. The van der Waals surface area contributed by atoms with Crippen LogP contribution >= 0.6 is 0 Å². The molecule has 0 saturated heterocycles. The lowest BCUT2D eigenvalue weighted by Gasteiger charge is -2.29. The van der Waals surface area contributed by atoms with Gasteiger partial charge in [-0.05, 0) is 29.0 Å². The fourth-order valence-electron chi connectivity index (χ4n) is 1.58. The molecule has 1 aromatic rings. The van der Waals surface area contributed by atoms with Crippen molar-refractivity contribution in [2.75, 3.05) is 6.54 Å². The number of carboxylic acids is 1. The SMILES string of the molecule is CC(C)C(C)(C)CNCc1ccc(C(=O)O)c(F)c1. The lowest BCUT2D eigenvalue weighted by molar-refractivity contribution is 0.0692. The molecule has 19 heavy (non-hydrogen) atoms. The summed E-state index contributed by atoms with van der Waals surface area (Å²) < 4.78 is 13.5. The number of carbonyl (C=O) groups is 1. The highest BCUT2D eigenvalue weighted by atomic mass is 19.1. The second-order valence-corrected chi connectivity index (χ2v) is 5.87. The van der Waals surface area contributed by atoms with Gasteiger partial charge in [-0.25, -0.2) is 9.18 Å². The minimum absolute atomic E-state index is 0.166. The molecule has 2 N–H and O–H groups in total. The van der Waals surface area contributed by atoms with Crippen LogP contribution in [0.2, 0.25) is 0 Å². The van der Waals surface area contributed by atoms with Crippen molar-refractivity contribution in [1.82, 2.24) is 5.32 Å². The molecule has 0 bridgehead atoms. The molecule has 4 heteroatoms. The summed E-state index contributed by atoms with van der Waals surface area (Å²) in [6.45, 7) is 10.1. The molecule has 0 amide bonds. The van der Waals surface area contributed by atoms with Crippen molar-refractivity contribution < 1.29 is 14.3 Å². The lowest BCUT2D eigenvalue weighted by atomic mass is 9.81. The third-order valence-electron chi connectivity index (χ3n) is 3.74. The summed E-state index contributed by atoms with van der Waals surface area (Å²) in [7, 11) is 0. The Morgan fingerprint density at radius 1 is 1.42 bits per heavy atom. The minimum atomic E-state index is -1.24. The second kappa shape index (κ2) is 6.15. The highest BCUT2D eigenvalue weighted by Gasteiger charge is 2.21. The number of nitrogens with one attached hydrogen (secondary N) is 1. The maximum atomic E-state index is 13.5. The van der Waals surface area contributed by atoms with E-state index < -0.39 is 11.8 Å². The van der Waals surface area contributed by atoms with E-state index in [1.165, 1.54) is 12.1 Å². The van der Waals surface area contributed by atoms with Crippen molar-refractivity contribution in [2.45, 2.75) is 34.2 Å². The van der Waals surface area contributed by atoms with Gasteiger partial charge in [-0.1, -0.05) is 33.8 Å². The molecular formula is C15H22FNO2. The molecule has 0 aliphatic heterocycles. The molecule has 0 heterocycles. The average Bonchev–Trinajstić information content (AvgIpc) is 2.28. The number of benzene rings is 1. The number of carboxylic acid groups (broad SMARTS) is 1. The average molecular weight is 267 g/mol. The summed E-state index contributed by atoms with van der Waals surface area (Å²) in [6, 6.07) is 4.23. The third-order valence-corrected chi connectivity index (χ3v) is 3.74. The van der Waals surface area contributed by atoms with Crippen molar-refractivity contribution in [3.8, 4) is 0 Å². The van der Waals surface area contributed by atoms with Crippen LogP contribution in [0.1, 0.15) is 43.6 Å². The maximum Gasteiger partial charge on any atom is 0.338 e. The van der Waals surface area contributed by atoms with E-state index in [-0.39, 0.29) is 11.0 Å². The lowest BCUT2D eigenvalue weighted by Crippen LogP contribution is -2.33. The molecule has 0 aliphatic rings. The zero-order valence-electron chi connectivity index (χ0n) is 12.0. The maximum absolute atomic E-state index is 13.5. The summed E-state index contributed by atoms with van der Waals surface area (Å²) in [5.41, 5.74) is 0.632. The van der Waals surface area contributed by atoms with Gasteiger partial charge in [0.15, 0.2) is 0 Å². The van der Waals surface area contributed by atoms with Crippen LogP contribution in [0.4, 0.5) is 4.39 Å². The van der Waals surface area contributed by atoms with E-state index in [1.54, 1.807) is 6.07 Å². The first-order valence-corrected chi connectivity index (χ1v) is 6.46.